The Balaban J connectivity index is 1.53. The fourth-order valence-electron chi connectivity index (χ4n) is 2.60. The van der Waals surface area contributed by atoms with Crippen LogP contribution in [0.15, 0.2) is 79.1 Å². The number of ether oxygens (including phenoxy) is 1. The summed E-state index contributed by atoms with van der Waals surface area (Å²) in [5.74, 6) is 0.227. The topological polar surface area (TPSA) is 63.2 Å². The molecule has 6 heteroatoms. The van der Waals surface area contributed by atoms with E-state index in [1.165, 1.54) is 5.56 Å². The average molecular weight is 391 g/mol. The molecule has 142 valence electrons. The first kappa shape index (κ1) is 19.5. The van der Waals surface area contributed by atoms with Crippen LogP contribution in [-0.4, -0.2) is 22.6 Å². The Bertz CT molecular complexity index is 917. The van der Waals surface area contributed by atoms with Gasteiger partial charge in [0.25, 0.3) is 5.91 Å². The fraction of sp³-hybridized carbons (Fsp3) is 0.136. The number of nitrogens with zero attached hydrogens (tertiary/aromatic N) is 1. The van der Waals surface area contributed by atoms with Gasteiger partial charge < -0.3 is 10.1 Å². The number of hydrogen-bond acceptors (Lipinski definition) is 4. The van der Waals surface area contributed by atoms with E-state index >= 15 is 0 Å². The Hall–Kier alpha value is -3.25. The van der Waals surface area contributed by atoms with Gasteiger partial charge in [0.05, 0.1) is 12.2 Å². The minimum absolute atomic E-state index is 0.257. The molecule has 1 amide bonds. The molecule has 0 aliphatic rings. The van der Waals surface area contributed by atoms with Crippen molar-refractivity contribution in [2.45, 2.75) is 13.0 Å². The van der Waals surface area contributed by atoms with Crippen molar-refractivity contribution in [3.05, 3.63) is 95.8 Å². The van der Waals surface area contributed by atoms with Gasteiger partial charge in [-0.15, -0.1) is 0 Å². The van der Waals surface area contributed by atoms with Gasteiger partial charge in [0, 0.05) is 25.4 Å². The minimum atomic E-state index is -0.306. The highest BCUT2D eigenvalue weighted by molar-refractivity contribution is 7.80. The second-order valence-electron chi connectivity index (χ2n) is 6.08. The lowest BCUT2D eigenvalue weighted by atomic mass is 10.1. The number of aromatic nitrogens is 1. The van der Waals surface area contributed by atoms with Gasteiger partial charge in [-0.2, -0.15) is 0 Å². The van der Waals surface area contributed by atoms with E-state index in [1.54, 1.807) is 30.6 Å². The molecule has 1 aromatic heterocycles. The Kier molecular flexibility index (Phi) is 7.09. The molecule has 0 aliphatic heterocycles. The van der Waals surface area contributed by atoms with Crippen molar-refractivity contribution in [2.24, 2.45) is 0 Å². The summed E-state index contributed by atoms with van der Waals surface area (Å²) < 4.78 is 5.84. The zero-order chi connectivity index (χ0) is 19.6. The van der Waals surface area contributed by atoms with Gasteiger partial charge in [-0.3, -0.25) is 15.1 Å². The molecule has 0 aliphatic carbocycles. The van der Waals surface area contributed by atoms with Crippen molar-refractivity contribution in [2.75, 3.05) is 6.61 Å². The van der Waals surface area contributed by atoms with Crippen LogP contribution in [0.25, 0.3) is 0 Å². The molecular weight excluding hydrogens is 370 g/mol. The van der Waals surface area contributed by atoms with Gasteiger partial charge in [-0.25, -0.2) is 0 Å². The van der Waals surface area contributed by atoms with Gasteiger partial charge in [0.2, 0.25) is 0 Å². The summed E-state index contributed by atoms with van der Waals surface area (Å²) in [5, 5.41) is 5.96. The van der Waals surface area contributed by atoms with Crippen LogP contribution in [0.2, 0.25) is 0 Å². The molecule has 0 saturated heterocycles. The summed E-state index contributed by atoms with van der Waals surface area (Å²) in [4.78, 5) is 16.6. The van der Waals surface area contributed by atoms with Crippen molar-refractivity contribution in [3.63, 3.8) is 0 Å². The number of nitrogens with one attached hydrogen (secondary N) is 2. The molecule has 1 heterocycles. The number of rotatable bonds is 7. The average Bonchev–Trinajstić information content (AvgIpc) is 2.74. The first-order chi connectivity index (χ1) is 13.7. The fourth-order valence-corrected chi connectivity index (χ4v) is 2.77. The maximum Gasteiger partial charge on any atom is 0.261 e. The second kappa shape index (κ2) is 10.2. The van der Waals surface area contributed by atoms with E-state index < -0.39 is 0 Å². The van der Waals surface area contributed by atoms with Gasteiger partial charge in [0.1, 0.15) is 5.75 Å². The van der Waals surface area contributed by atoms with E-state index in [-0.39, 0.29) is 11.0 Å². The molecule has 0 fully saturated rings. The molecule has 3 rings (SSSR count). The largest absolute Gasteiger partial charge is 0.492 e. The first-order valence-electron chi connectivity index (χ1n) is 8.96. The highest BCUT2D eigenvalue weighted by Crippen LogP contribution is 2.18. The van der Waals surface area contributed by atoms with E-state index in [2.05, 4.69) is 15.6 Å². The Labute approximate surface area is 169 Å². The van der Waals surface area contributed by atoms with Crippen LogP contribution in [0.1, 0.15) is 21.5 Å². The molecule has 28 heavy (non-hydrogen) atoms. The third-order valence-corrected chi connectivity index (χ3v) is 4.27. The van der Waals surface area contributed by atoms with E-state index in [0.717, 1.165) is 12.0 Å². The zero-order valence-corrected chi connectivity index (χ0v) is 16.1. The molecule has 3 aromatic rings. The van der Waals surface area contributed by atoms with Gasteiger partial charge in [0.15, 0.2) is 5.11 Å². The van der Waals surface area contributed by atoms with Crippen molar-refractivity contribution in [1.29, 1.82) is 0 Å². The lowest BCUT2D eigenvalue weighted by molar-refractivity contribution is 0.0972. The predicted octanol–water partition coefficient (Wildman–Crippen LogP) is 3.51. The smallest absolute Gasteiger partial charge is 0.261 e. The van der Waals surface area contributed by atoms with Crippen LogP contribution in [-0.2, 0) is 13.0 Å². The number of carbonyl (C=O) groups is 1. The van der Waals surface area contributed by atoms with Crippen LogP contribution in [0.5, 0.6) is 5.75 Å². The lowest BCUT2D eigenvalue weighted by Crippen LogP contribution is -2.39. The summed E-state index contributed by atoms with van der Waals surface area (Å²) in [6.07, 6.45) is 4.22. The first-order valence-corrected chi connectivity index (χ1v) is 9.37. The van der Waals surface area contributed by atoms with Gasteiger partial charge >= 0.3 is 0 Å². The molecule has 2 aromatic carbocycles. The second-order valence-corrected chi connectivity index (χ2v) is 6.49. The molecule has 0 atom stereocenters. The maximum atomic E-state index is 12.6. The van der Waals surface area contributed by atoms with E-state index in [0.29, 0.717) is 24.5 Å². The predicted molar refractivity (Wildman–Crippen MR) is 113 cm³/mol. The van der Waals surface area contributed by atoms with Crippen LogP contribution < -0.4 is 15.4 Å². The number of para-hydroxylation sites is 1. The third-order valence-electron chi connectivity index (χ3n) is 4.03. The number of thiocarbonyl (C=S) groups is 1. The lowest BCUT2D eigenvalue weighted by Gasteiger charge is -2.13. The number of benzene rings is 2. The zero-order valence-electron chi connectivity index (χ0n) is 15.3. The van der Waals surface area contributed by atoms with E-state index in [1.807, 2.05) is 48.5 Å². The quantitative estimate of drug-likeness (QED) is 0.604. The van der Waals surface area contributed by atoms with E-state index in [9.17, 15) is 4.79 Å². The molecular formula is C22H21N3O2S. The molecule has 0 unspecified atom stereocenters. The molecule has 0 radical (unpaired) electrons. The normalized spacial score (nSPS) is 10.1. The number of hydrogen-bond donors (Lipinski definition) is 2. The van der Waals surface area contributed by atoms with Gasteiger partial charge in [-0.05, 0) is 41.5 Å². The Morgan fingerprint density at radius 2 is 1.71 bits per heavy atom. The SMILES string of the molecule is O=C(NC(=S)NCc1cccnc1)c1ccccc1OCCc1ccccc1. The monoisotopic (exact) mass is 391 g/mol. The van der Waals surface area contributed by atoms with Crippen LogP contribution in [0.3, 0.4) is 0 Å². The highest BCUT2D eigenvalue weighted by Gasteiger charge is 2.13. The molecule has 0 saturated carbocycles. The van der Waals surface area contributed by atoms with Crippen molar-refractivity contribution in [1.82, 2.24) is 15.6 Å². The Morgan fingerprint density at radius 1 is 0.964 bits per heavy atom. The molecule has 2 N–H and O–H groups in total. The molecule has 0 bridgehead atoms. The van der Waals surface area contributed by atoms with Crippen molar-refractivity contribution < 1.29 is 9.53 Å². The van der Waals surface area contributed by atoms with Crippen LogP contribution in [0, 0.1) is 0 Å². The molecule has 5 nitrogen and oxygen atoms in total. The standard InChI is InChI=1S/C22H21N3O2S/c26-21(25-22(28)24-16-18-9-6-13-23-15-18)19-10-4-5-11-20(19)27-14-12-17-7-2-1-3-8-17/h1-11,13,15H,12,14,16H2,(H2,24,25,26,28). The Morgan fingerprint density at radius 3 is 2.50 bits per heavy atom. The highest BCUT2D eigenvalue weighted by atomic mass is 32.1. The van der Waals surface area contributed by atoms with E-state index in [4.69, 9.17) is 17.0 Å². The summed E-state index contributed by atoms with van der Waals surface area (Å²) in [7, 11) is 0. The number of carbonyl (C=O) groups excluding carboxylic acids is 1. The van der Waals surface area contributed by atoms with Crippen molar-refractivity contribution in [3.8, 4) is 5.75 Å². The van der Waals surface area contributed by atoms with Gasteiger partial charge in [-0.1, -0.05) is 48.5 Å². The summed E-state index contributed by atoms with van der Waals surface area (Å²) in [5.41, 5.74) is 2.61. The third kappa shape index (κ3) is 5.89. The maximum absolute atomic E-state index is 12.6. The van der Waals surface area contributed by atoms with Crippen LogP contribution >= 0.6 is 12.2 Å². The minimum Gasteiger partial charge on any atom is -0.492 e. The van der Waals surface area contributed by atoms with Crippen molar-refractivity contribution >= 4 is 23.2 Å². The summed E-state index contributed by atoms with van der Waals surface area (Å²) in [6.45, 7) is 0.972. The summed E-state index contributed by atoms with van der Waals surface area (Å²) >= 11 is 5.22. The number of pyridine rings is 1. The summed E-state index contributed by atoms with van der Waals surface area (Å²) in [6, 6.07) is 21.0. The molecule has 0 spiro atoms. The number of amides is 1. The van der Waals surface area contributed by atoms with Crippen LogP contribution in [0.4, 0.5) is 0 Å².